The molecule has 0 bridgehead atoms. The van der Waals surface area contributed by atoms with Crippen molar-refractivity contribution in [1.29, 1.82) is 0 Å². The number of methoxy groups -OCH3 is 1. The Bertz CT molecular complexity index is 718. The fourth-order valence-electron chi connectivity index (χ4n) is 3.79. The molecule has 1 saturated carbocycles. The van der Waals surface area contributed by atoms with Gasteiger partial charge in [-0.1, -0.05) is 12.1 Å². The monoisotopic (exact) mass is 389 g/mol. The molecule has 2 aromatic rings. The van der Waals surface area contributed by atoms with Crippen LogP contribution in [0.1, 0.15) is 36.1 Å². The third-order valence-corrected chi connectivity index (χ3v) is 6.18. The molecule has 0 amide bonds. The average molecular weight is 390 g/mol. The van der Waals surface area contributed by atoms with Crippen LogP contribution in [-0.2, 0) is 22.6 Å². The van der Waals surface area contributed by atoms with E-state index >= 15 is 0 Å². The summed E-state index contributed by atoms with van der Waals surface area (Å²) in [6.07, 6.45) is 4.12. The number of thiophene rings is 1. The van der Waals surface area contributed by atoms with Crippen molar-refractivity contribution in [2.45, 2.75) is 50.7 Å². The zero-order valence-electron chi connectivity index (χ0n) is 15.7. The van der Waals surface area contributed by atoms with Crippen molar-refractivity contribution in [3.05, 3.63) is 46.2 Å². The minimum absolute atomic E-state index is 0.289. The van der Waals surface area contributed by atoms with Gasteiger partial charge in [0.1, 0.15) is 6.61 Å². The molecule has 2 fully saturated rings. The zero-order chi connectivity index (χ0) is 18.5. The van der Waals surface area contributed by atoms with Gasteiger partial charge >= 0.3 is 0 Å². The van der Waals surface area contributed by atoms with Gasteiger partial charge in [-0.15, -0.1) is 11.3 Å². The predicted molar refractivity (Wildman–Crippen MR) is 105 cm³/mol. The summed E-state index contributed by atoms with van der Waals surface area (Å²) in [5.41, 5.74) is 1.20. The topological polar surface area (TPSA) is 49.0 Å². The van der Waals surface area contributed by atoms with Crippen molar-refractivity contribution in [1.82, 2.24) is 5.32 Å². The molecule has 1 aliphatic carbocycles. The highest BCUT2D eigenvalue weighted by Gasteiger charge is 2.40. The molecule has 1 aromatic heterocycles. The van der Waals surface area contributed by atoms with E-state index in [0.29, 0.717) is 12.6 Å². The number of nitrogens with one attached hydrogen (secondary N) is 1. The fraction of sp³-hybridized carbons (Fsp3) is 0.524. The van der Waals surface area contributed by atoms with Gasteiger partial charge in [0, 0.05) is 30.3 Å². The third-order valence-electron chi connectivity index (χ3n) is 5.33. The van der Waals surface area contributed by atoms with Crippen LogP contribution in [-0.4, -0.2) is 32.2 Å². The molecule has 1 aromatic carbocycles. The van der Waals surface area contributed by atoms with Crippen molar-refractivity contribution in [2.75, 3.05) is 20.3 Å². The fourth-order valence-corrected chi connectivity index (χ4v) is 4.41. The Morgan fingerprint density at radius 3 is 2.67 bits per heavy atom. The molecule has 6 heteroatoms. The highest BCUT2D eigenvalue weighted by atomic mass is 32.1. The van der Waals surface area contributed by atoms with E-state index in [1.165, 1.54) is 10.4 Å². The maximum absolute atomic E-state index is 5.91. The van der Waals surface area contributed by atoms with Gasteiger partial charge in [-0.25, -0.2) is 0 Å². The standard InChI is InChI=1S/C21H27NO4S/c1-23-20-13-16(4-5-19(20)24-15-18-3-2-12-27-18)14-22-17-6-8-21(9-7-17)25-10-11-26-21/h2-5,12-13,17,22H,6-11,14-15H2,1H3. The summed E-state index contributed by atoms with van der Waals surface area (Å²) in [7, 11) is 1.69. The van der Waals surface area contributed by atoms with Gasteiger partial charge in [0.05, 0.1) is 20.3 Å². The van der Waals surface area contributed by atoms with Gasteiger partial charge in [-0.3, -0.25) is 0 Å². The molecule has 0 atom stereocenters. The van der Waals surface area contributed by atoms with Gasteiger partial charge in [-0.2, -0.15) is 0 Å². The van der Waals surface area contributed by atoms with E-state index in [0.717, 1.165) is 56.9 Å². The second kappa shape index (κ2) is 8.61. The van der Waals surface area contributed by atoms with Gasteiger partial charge in [0.15, 0.2) is 17.3 Å². The van der Waals surface area contributed by atoms with Crippen LogP contribution in [0.5, 0.6) is 11.5 Å². The maximum atomic E-state index is 5.91. The quantitative estimate of drug-likeness (QED) is 0.772. The van der Waals surface area contributed by atoms with Crippen LogP contribution in [0, 0.1) is 0 Å². The normalized spacial score (nSPS) is 19.4. The van der Waals surface area contributed by atoms with Gasteiger partial charge in [-0.05, 0) is 42.0 Å². The lowest BCUT2D eigenvalue weighted by Gasteiger charge is -2.35. The first-order valence-electron chi connectivity index (χ1n) is 9.60. The van der Waals surface area contributed by atoms with E-state index in [2.05, 4.69) is 28.9 Å². The van der Waals surface area contributed by atoms with Crippen molar-refractivity contribution in [3.8, 4) is 11.5 Å². The van der Waals surface area contributed by atoms with E-state index in [-0.39, 0.29) is 5.79 Å². The van der Waals surface area contributed by atoms with Crippen LogP contribution in [0.3, 0.4) is 0 Å². The zero-order valence-corrected chi connectivity index (χ0v) is 16.6. The summed E-state index contributed by atoms with van der Waals surface area (Å²) in [6, 6.07) is 10.8. The first-order valence-corrected chi connectivity index (χ1v) is 10.5. The number of rotatable bonds is 7. The summed E-state index contributed by atoms with van der Waals surface area (Å²) >= 11 is 1.70. The van der Waals surface area contributed by atoms with Crippen LogP contribution >= 0.6 is 11.3 Å². The second-order valence-corrected chi connectivity index (χ2v) is 8.15. The first kappa shape index (κ1) is 18.7. The molecule has 146 valence electrons. The van der Waals surface area contributed by atoms with Gasteiger partial charge in [0.2, 0.25) is 0 Å². The Morgan fingerprint density at radius 2 is 1.96 bits per heavy atom. The molecule has 2 aliphatic rings. The molecule has 0 radical (unpaired) electrons. The van der Waals surface area contributed by atoms with E-state index in [1.807, 2.05) is 12.1 Å². The van der Waals surface area contributed by atoms with E-state index in [9.17, 15) is 0 Å². The number of ether oxygens (including phenoxy) is 4. The van der Waals surface area contributed by atoms with E-state index in [4.69, 9.17) is 18.9 Å². The third kappa shape index (κ3) is 4.63. The Hall–Kier alpha value is -1.60. The summed E-state index contributed by atoms with van der Waals surface area (Å²) < 4.78 is 23.1. The van der Waals surface area contributed by atoms with Crippen molar-refractivity contribution in [2.24, 2.45) is 0 Å². The number of benzene rings is 1. The lowest BCUT2D eigenvalue weighted by atomic mass is 9.90. The molecular formula is C21H27NO4S. The van der Waals surface area contributed by atoms with Crippen LogP contribution in [0.4, 0.5) is 0 Å². The van der Waals surface area contributed by atoms with Crippen molar-refractivity contribution < 1.29 is 18.9 Å². The van der Waals surface area contributed by atoms with E-state index < -0.39 is 0 Å². The van der Waals surface area contributed by atoms with Crippen molar-refractivity contribution in [3.63, 3.8) is 0 Å². The number of hydrogen-bond acceptors (Lipinski definition) is 6. The second-order valence-electron chi connectivity index (χ2n) is 7.12. The van der Waals surface area contributed by atoms with Crippen LogP contribution in [0.2, 0.25) is 0 Å². The summed E-state index contributed by atoms with van der Waals surface area (Å²) in [5, 5.41) is 5.72. The van der Waals surface area contributed by atoms with Gasteiger partial charge in [0.25, 0.3) is 0 Å². The predicted octanol–water partition coefficient (Wildman–Crippen LogP) is 4.11. The SMILES string of the molecule is COc1cc(CNC2CCC3(CC2)OCCO3)ccc1OCc1cccs1. The molecule has 1 spiro atoms. The molecule has 5 nitrogen and oxygen atoms in total. The molecule has 1 N–H and O–H groups in total. The highest BCUT2D eigenvalue weighted by Crippen LogP contribution is 2.36. The van der Waals surface area contributed by atoms with Crippen molar-refractivity contribution >= 4 is 11.3 Å². The van der Waals surface area contributed by atoms with Crippen LogP contribution < -0.4 is 14.8 Å². The maximum Gasteiger partial charge on any atom is 0.168 e. The molecule has 1 aliphatic heterocycles. The Morgan fingerprint density at radius 1 is 1.15 bits per heavy atom. The summed E-state index contributed by atoms with van der Waals surface area (Å²) in [5.74, 6) is 1.27. The first-order chi connectivity index (χ1) is 13.3. The highest BCUT2D eigenvalue weighted by molar-refractivity contribution is 7.09. The molecule has 4 rings (SSSR count). The average Bonchev–Trinajstić information content (AvgIpc) is 3.39. The smallest absolute Gasteiger partial charge is 0.168 e. The minimum atomic E-state index is -0.289. The Balaban J connectivity index is 1.29. The number of hydrogen-bond donors (Lipinski definition) is 1. The molecule has 2 heterocycles. The largest absolute Gasteiger partial charge is 0.493 e. The van der Waals surface area contributed by atoms with Gasteiger partial charge < -0.3 is 24.3 Å². The van der Waals surface area contributed by atoms with Crippen LogP contribution in [0.15, 0.2) is 35.7 Å². The lowest BCUT2D eigenvalue weighted by molar-refractivity contribution is -0.179. The minimum Gasteiger partial charge on any atom is -0.493 e. The van der Waals surface area contributed by atoms with Crippen LogP contribution in [0.25, 0.3) is 0 Å². The molecule has 1 saturated heterocycles. The summed E-state index contributed by atoms with van der Waals surface area (Å²) in [4.78, 5) is 1.20. The molecular weight excluding hydrogens is 362 g/mol. The molecule has 0 unspecified atom stereocenters. The Kier molecular flexibility index (Phi) is 5.98. The summed E-state index contributed by atoms with van der Waals surface area (Å²) in [6.45, 7) is 2.86. The Labute approximate surface area is 164 Å². The lowest BCUT2D eigenvalue weighted by Crippen LogP contribution is -2.41. The molecule has 27 heavy (non-hydrogen) atoms. The van der Waals surface area contributed by atoms with E-state index in [1.54, 1.807) is 18.4 Å².